The number of hydrogen-bond acceptors (Lipinski definition) is 5. The minimum Gasteiger partial charge on any atom is -0.375 e. The summed E-state index contributed by atoms with van der Waals surface area (Å²) in [6, 6.07) is 0. The quantitative estimate of drug-likeness (QED) is 0.840. The Labute approximate surface area is 117 Å². The monoisotopic (exact) mass is 284 g/mol. The second-order valence-corrected chi connectivity index (χ2v) is 5.86. The number of nitrogen functional groups attached to an aromatic ring is 1. The van der Waals surface area contributed by atoms with Gasteiger partial charge < -0.3 is 16.0 Å². The standard InChI is InChI=1S/C12H20N4O2S/c1-7(2)5-14-9(17)6-16(4)11(18)10-8(3)15-12(13)19-10/h7H,5-6H2,1-4H3,(H2,13,15)(H,14,17). The lowest BCUT2D eigenvalue weighted by Gasteiger charge is -2.16. The van der Waals surface area contributed by atoms with Crippen LogP contribution in [0.2, 0.25) is 0 Å². The molecule has 2 amide bonds. The van der Waals surface area contributed by atoms with Crippen LogP contribution in [0.25, 0.3) is 0 Å². The van der Waals surface area contributed by atoms with Gasteiger partial charge in [-0.1, -0.05) is 25.2 Å². The van der Waals surface area contributed by atoms with Crippen LogP contribution in [-0.2, 0) is 4.79 Å². The Bertz CT molecular complexity index is 470. The van der Waals surface area contributed by atoms with Crippen molar-refractivity contribution >= 4 is 28.3 Å². The van der Waals surface area contributed by atoms with E-state index >= 15 is 0 Å². The summed E-state index contributed by atoms with van der Waals surface area (Å²) < 4.78 is 0. The lowest BCUT2D eigenvalue weighted by molar-refractivity contribution is -0.121. The number of thiazole rings is 1. The first-order chi connectivity index (χ1) is 8.81. The first-order valence-electron chi connectivity index (χ1n) is 6.06. The van der Waals surface area contributed by atoms with Crippen molar-refractivity contribution in [3.63, 3.8) is 0 Å². The van der Waals surface area contributed by atoms with E-state index in [1.54, 1.807) is 14.0 Å². The van der Waals surface area contributed by atoms with Crippen LogP contribution in [-0.4, -0.2) is 41.8 Å². The third kappa shape index (κ3) is 4.51. The number of anilines is 1. The second-order valence-electron chi connectivity index (χ2n) is 4.83. The summed E-state index contributed by atoms with van der Waals surface area (Å²) in [5, 5.41) is 3.13. The number of aryl methyl sites for hydroxylation is 1. The first-order valence-corrected chi connectivity index (χ1v) is 6.88. The van der Waals surface area contributed by atoms with Gasteiger partial charge in [0.1, 0.15) is 4.88 Å². The number of carbonyl (C=O) groups excluding carboxylic acids is 2. The van der Waals surface area contributed by atoms with Crippen molar-refractivity contribution < 1.29 is 9.59 Å². The molecule has 0 spiro atoms. The van der Waals surface area contributed by atoms with Gasteiger partial charge in [-0.2, -0.15) is 0 Å². The molecule has 0 fully saturated rings. The summed E-state index contributed by atoms with van der Waals surface area (Å²) in [5.74, 6) is -0.0143. The number of likely N-dealkylation sites (N-methyl/N-ethyl adjacent to an activating group) is 1. The van der Waals surface area contributed by atoms with E-state index in [1.165, 1.54) is 4.90 Å². The minimum absolute atomic E-state index is 0.0306. The molecular weight excluding hydrogens is 264 g/mol. The Morgan fingerprint density at radius 1 is 1.47 bits per heavy atom. The molecule has 0 aliphatic heterocycles. The van der Waals surface area contributed by atoms with E-state index in [9.17, 15) is 9.59 Å². The predicted molar refractivity (Wildman–Crippen MR) is 76.1 cm³/mol. The Kier molecular flexibility index (Phi) is 5.29. The molecule has 0 saturated carbocycles. The van der Waals surface area contributed by atoms with Gasteiger partial charge in [-0.25, -0.2) is 4.98 Å². The van der Waals surface area contributed by atoms with Gasteiger partial charge in [-0.05, 0) is 12.8 Å². The van der Waals surface area contributed by atoms with Gasteiger partial charge in [-0.3, -0.25) is 9.59 Å². The van der Waals surface area contributed by atoms with Crippen LogP contribution in [0.15, 0.2) is 0 Å². The molecule has 1 aromatic heterocycles. The number of aromatic nitrogens is 1. The van der Waals surface area contributed by atoms with E-state index in [0.717, 1.165) is 11.3 Å². The fourth-order valence-electron chi connectivity index (χ4n) is 1.45. The highest BCUT2D eigenvalue weighted by atomic mass is 32.1. The number of carbonyl (C=O) groups is 2. The van der Waals surface area contributed by atoms with Crippen molar-refractivity contribution in [3.05, 3.63) is 10.6 Å². The average molecular weight is 284 g/mol. The van der Waals surface area contributed by atoms with Gasteiger partial charge in [0.15, 0.2) is 5.13 Å². The zero-order valence-electron chi connectivity index (χ0n) is 11.7. The topological polar surface area (TPSA) is 88.3 Å². The highest BCUT2D eigenvalue weighted by molar-refractivity contribution is 7.17. The van der Waals surface area contributed by atoms with Gasteiger partial charge >= 0.3 is 0 Å². The number of nitrogens with zero attached hydrogens (tertiary/aromatic N) is 2. The summed E-state index contributed by atoms with van der Waals surface area (Å²) in [4.78, 5) is 29.6. The van der Waals surface area contributed by atoms with E-state index < -0.39 is 0 Å². The van der Waals surface area contributed by atoms with Crippen molar-refractivity contribution in [2.24, 2.45) is 5.92 Å². The van der Waals surface area contributed by atoms with Crippen LogP contribution in [0.5, 0.6) is 0 Å². The smallest absolute Gasteiger partial charge is 0.266 e. The van der Waals surface area contributed by atoms with Crippen molar-refractivity contribution in [1.29, 1.82) is 0 Å². The molecule has 3 N–H and O–H groups in total. The molecule has 1 rings (SSSR count). The third-order valence-electron chi connectivity index (χ3n) is 2.44. The molecule has 6 nitrogen and oxygen atoms in total. The summed E-state index contributed by atoms with van der Waals surface area (Å²) >= 11 is 1.14. The third-order valence-corrected chi connectivity index (χ3v) is 3.42. The maximum atomic E-state index is 12.1. The van der Waals surface area contributed by atoms with E-state index in [1.807, 2.05) is 13.8 Å². The summed E-state index contributed by atoms with van der Waals surface area (Å²) in [6.45, 7) is 6.39. The van der Waals surface area contributed by atoms with Crippen LogP contribution >= 0.6 is 11.3 Å². The van der Waals surface area contributed by atoms with Crippen molar-refractivity contribution in [2.45, 2.75) is 20.8 Å². The van der Waals surface area contributed by atoms with Crippen LogP contribution in [0, 0.1) is 12.8 Å². The number of rotatable bonds is 5. The van der Waals surface area contributed by atoms with Gasteiger partial charge in [-0.15, -0.1) is 0 Å². The number of amides is 2. The molecule has 7 heteroatoms. The zero-order valence-corrected chi connectivity index (χ0v) is 12.5. The maximum Gasteiger partial charge on any atom is 0.266 e. The normalized spacial score (nSPS) is 10.6. The van der Waals surface area contributed by atoms with Gasteiger partial charge in [0.25, 0.3) is 5.91 Å². The van der Waals surface area contributed by atoms with Crippen molar-refractivity contribution in [1.82, 2.24) is 15.2 Å². The number of nitrogens with one attached hydrogen (secondary N) is 1. The van der Waals surface area contributed by atoms with E-state index in [4.69, 9.17) is 5.73 Å². The molecule has 0 unspecified atom stereocenters. The molecule has 0 aliphatic rings. The first kappa shape index (κ1) is 15.4. The molecule has 0 aliphatic carbocycles. The number of hydrogen-bond donors (Lipinski definition) is 2. The van der Waals surface area contributed by atoms with Crippen LogP contribution in [0.4, 0.5) is 5.13 Å². The maximum absolute atomic E-state index is 12.1. The highest BCUT2D eigenvalue weighted by Crippen LogP contribution is 2.20. The van der Waals surface area contributed by atoms with E-state index in [0.29, 0.717) is 28.2 Å². The Morgan fingerprint density at radius 3 is 2.58 bits per heavy atom. The minimum atomic E-state index is -0.230. The average Bonchev–Trinajstić information content (AvgIpc) is 2.64. The summed E-state index contributed by atoms with van der Waals surface area (Å²) in [5.41, 5.74) is 6.16. The van der Waals surface area contributed by atoms with Gasteiger partial charge in [0, 0.05) is 13.6 Å². The Morgan fingerprint density at radius 2 is 2.11 bits per heavy atom. The van der Waals surface area contributed by atoms with Crippen molar-refractivity contribution in [3.8, 4) is 0 Å². The van der Waals surface area contributed by atoms with E-state index in [2.05, 4.69) is 10.3 Å². The van der Waals surface area contributed by atoms with Gasteiger partial charge in [0.2, 0.25) is 5.91 Å². The fraction of sp³-hybridized carbons (Fsp3) is 0.583. The highest BCUT2D eigenvalue weighted by Gasteiger charge is 2.20. The lowest BCUT2D eigenvalue weighted by Crippen LogP contribution is -2.39. The van der Waals surface area contributed by atoms with Crippen LogP contribution < -0.4 is 11.1 Å². The zero-order chi connectivity index (χ0) is 14.6. The molecule has 106 valence electrons. The molecule has 0 saturated heterocycles. The van der Waals surface area contributed by atoms with E-state index in [-0.39, 0.29) is 18.4 Å². The fourth-order valence-corrected chi connectivity index (χ4v) is 2.28. The predicted octanol–water partition coefficient (Wildman–Crippen LogP) is 0.878. The van der Waals surface area contributed by atoms with Crippen LogP contribution in [0.3, 0.4) is 0 Å². The molecule has 19 heavy (non-hydrogen) atoms. The van der Waals surface area contributed by atoms with Crippen LogP contribution in [0.1, 0.15) is 29.2 Å². The molecule has 0 bridgehead atoms. The Balaban J connectivity index is 2.58. The molecule has 0 radical (unpaired) electrons. The van der Waals surface area contributed by atoms with Crippen molar-refractivity contribution in [2.75, 3.05) is 25.9 Å². The van der Waals surface area contributed by atoms with Gasteiger partial charge in [0.05, 0.1) is 12.2 Å². The molecule has 0 atom stereocenters. The second kappa shape index (κ2) is 6.51. The SMILES string of the molecule is Cc1nc(N)sc1C(=O)N(C)CC(=O)NCC(C)C. The molecule has 0 aromatic carbocycles. The Hall–Kier alpha value is -1.63. The number of nitrogens with two attached hydrogens (primary N) is 1. The molecule has 1 heterocycles. The molecular formula is C12H20N4O2S. The molecule has 1 aromatic rings. The lowest BCUT2D eigenvalue weighted by atomic mass is 10.2. The summed E-state index contributed by atoms with van der Waals surface area (Å²) in [7, 11) is 1.59. The summed E-state index contributed by atoms with van der Waals surface area (Å²) in [6.07, 6.45) is 0. The largest absolute Gasteiger partial charge is 0.375 e.